The van der Waals surface area contributed by atoms with Crippen LogP contribution < -0.4 is 5.32 Å². The topological polar surface area (TPSA) is 49.4 Å². The molecule has 1 atom stereocenters. The summed E-state index contributed by atoms with van der Waals surface area (Å²) in [6.07, 6.45) is 1.36. The van der Waals surface area contributed by atoms with E-state index in [9.17, 15) is 9.59 Å². The molecule has 4 nitrogen and oxygen atoms in total. The Labute approximate surface area is 199 Å². The van der Waals surface area contributed by atoms with Gasteiger partial charge in [0.2, 0.25) is 11.8 Å². The summed E-state index contributed by atoms with van der Waals surface area (Å²) in [6.45, 7) is 6.83. The Bertz CT molecular complexity index is 892. The first-order valence-electron chi connectivity index (χ1n) is 10.5. The number of thioether (sulfide) groups is 1. The Morgan fingerprint density at radius 2 is 1.84 bits per heavy atom. The molecule has 0 fully saturated rings. The molecule has 0 saturated carbocycles. The average Bonchev–Trinajstić information content (AvgIpc) is 2.74. The van der Waals surface area contributed by atoms with Gasteiger partial charge in [-0.15, -0.1) is 11.8 Å². The van der Waals surface area contributed by atoms with Crippen molar-refractivity contribution in [3.8, 4) is 0 Å². The summed E-state index contributed by atoms with van der Waals surface area (Å²) in [6, 6.07) is 12.8. The van der Waals surface area contributed by atoms with E-state index < -0.39 is 6.04 Å². The van der Waals surface area contributed by atoms with Crippen molar-refractivity contribution in [2.24, 2.45) is 0 Å². The number of aryl methyl sites for hydroxylation is 1. The lowest BCUT2D eigenvalue weighted by Gasteiger charge is -2.31. The van der Waals surface area contributed by atoms with Crippen molar-refractivity contribution < 1.29 is 9.59 Å². The maximum Gasteiger partial charge on any atom is 0.242 e. The predicted molar refractivity (Wildman–Crippen MR) is 132 cm³/mol. The third-order valence-corrected chi connectivity index (χ3v) is 6.59. The SMILES string of the molecule is CCCNC(=O)[C@H](CC)N(Cc1ccc(Cl)cc1Cl)C(=O)CSCc1ccccc1C. The van der Waals surface area contributed by atoms with Gasteiger partial charge >= 0.3 is 0 Å². The molecule has 2 amide bonds. The van der Waals surface area contributed by atoms with Crippen LogP contribution >= 0.6 is 35.0 Å². The predicted octanol–water partition coefficient (Wildman–Crippen LogP) is 5.87. The van der Waals surface area contributed by atoms with Gasteiger partial charge in [0, 0.05) is 28.9 Å². The Hall–Kier alpha value is -1.69. The minimum Gasteiger partial charge on any atom is -0.354 e. The quantitative estimate of drug-likeness (QED) is 0.437. The Morgan fingerprint density at radius 3 is 2.48 bits per heavy atom. The molecule has 0 aromatic heterocycles. The van der Waals surface area contributed by atoms with E-state index in [0.717, 1.165) is 17.7 Å². The van der Waals surface area contributed by atoms with Crippen molar-refractivity contribution in [3.63, 3.8) is 0 Å². The van der Waals surface area contributed by atoms with Crippen LogP contribution in [0.4, 0.5) is 0 Å². The van der Waals surface area contributed by atoms with Crippen LogP contribution in [0, 0.1) is 6.92 Å². The number of amides is 2. The summed E-state index contributed by atoms with van der Waals surface area (Å²) in [7, 11) is 0. The molecule has 2 aromatic carbocycles. The third kappa shape index (κ3) is 7.74. The van der Waals surface area contributed by atoms with Crippen LogP contribution in [0.3, 0.4) is 0 Å². The first-order valence-corrected chi connectivity index (χ1v) is 12.4. The molecule has 2 aromatic rings. The summed E-state index contributed by atoms with van der Waals surface area (Å²) < 4.78 is 0. The molecular weight excluding hydrogens is 451 g/mol. The molecule has 7 heteroatoms. The molecule has 2 rings (SSSR count). The fourth-order valence-electron chi connectivity index (χ4n) is 3.22. The van der Waals surface area contributed by atoms with E-state index in [2.05, 4.69) is 24.4 Å². The average molecular weight is 481 g/mol. The largest absolute Gasteiger partial charge is 0.354 e. The van der Waals surface area contributed by atoms with E-state index >= 15 is 0 Å². The summed E-state index contributed by atoms with van der Waals surface area (Å²) in [4.78, 5) is 27.7. The molecule has 168 valence electrons. The molecule has 0 bridgehead atoms. The van der Waals surface area contributed by atoms with Crippen LogP contribution in [0.15, 0.2) is 42.5 Å². The number of halogens is 2. The Morgan fingerprint density at radius 1 is 1.10 bits per heavy atom. The molecule has 0 unspecified atom stereocenters. The van der Waals surface area contributed by atoms with Gasteiger partial charge in [0.05, 0.1) is 5.75 Å². The van der Waals surface area contributed by atoms with E-state index in [0.29, 0.717) is 23.0 Å². The molecule has 0 aliphatic rings. The molecule has 31 heavy (non-hydrogen) atoms. The zero-order chi connectivity index (χ0) is 22.8. The van der Waals surface area contributed by atoms with Gasteiger partial charge in [-0.1, -0.05) is 67.4 Å². The first-order chi connectivity index (χ1) is 14.9. The van der Waals surface area contributed by atoms with Crippen LogP contribution in [0.25, 0.3) is 0 Å². The van der Waals surface area contributed by atoms with Crippen LogP contribution in [0.1, 0.15) is 43.4 Å². The molecular formula is C24H30Cl2N2O2S. The van der Waals surface area contributed by atoms with Gasteiger partial charge in [-0.3, -0.25) is 9.59 Å². The zero-order valence-electron chi connectivity index (χ0n) is 18.3. The van der Waals surface area contributed by atoms with Crippen molar-refractivity contribution in [2.45, 2.75) is 52.0 Å². The smallest absolute Gasteiger partial charge is 0.242 e. The second kappa shape index (κ2) is 13.0. The van der Waals surface area contributed by atoms with E-state index in [4.69, 9.17) is 23.2 Å². The Kier molecular flexibility index (Phi) is 10.7. The summed E-state index contributed by atoms with van der Waals surface area (Å²) in [5, 5.41) is 3.95. The second-order valence-electron chi connectivity index (χ2n) is 7.39. The van der Waals surface area contributed by atoms with E-state index in [1.54, 1.807) is 28.8 Å². The van der Waals surface area contributed by atoms with Gasteiger partial charge in [0.25, 0.3) is 0 Å². The number of carbonyl (C=O) groups excluding carboxylic acids is 2. The van der Waals surface area contributed by atoms with Crippen molar-refractivity contribution in [3.05, 3.63) is 69.2 Å². The lowest BCUT2D eigenvalue weighted by molar-refractivity contribution is -0.139. The van der Waals surface area contributed by atoms with E-state index in [1.165, 1.54) is 11.1 Å². The first kappa shape index (κ1) is 25.6. The lowest BCUT2D eigenvalue weighted by Crippen LogP contribution is -2.49. The van der Waals surface area contributed by atoms with Crippen molar-refractivity contribution >= 4 is 46.8 Å². The number of nitrogens with zero attached hydrogens (tertiary/aromatic N) is 1. The van der Waals surface area contributed by atoms with Crippen molar-refractivity contribution in [1.82, 2.24) is 10.2 Å². The highest BCUT2D eigenvalue weighted by atomic mass is 35.5. The van der Waals surface area contributed by atoms with Gasteiger partial charge in [0.1, 0.15) is 6.04 Å². The van der Waals surface area contributed by atoms with Crippen molar-refractivity contribution in [2.75, 3.05) is 12.3 Å². The highest BCUT2D eigenvalue weighted by Crippen LogP contribution is 2.24. The lowest BCUT2D eigenvalue weighted by atomic mass is 10.1. The summed E-state index contributed by atoms with van der Waals surface area (Å²) in [5.74, 6) is 0.818. The van der Waals surface area contributed by atoms with E-state index in [1.807, 2.05) is 32.0 Å². The molecule has 1 N–H and O–H groups in total. The number of benzene rings is 2. The molecule has 0 heterocycles. The highest BCUT2D eigenvalue weighted by Gasteiger charge is 2.28. The molecule has 0 aliphatic carbocycles. The number of rotatable bonds is 11. The third-order valence-electron chi connectivity index (χ3n) is 5.04. The fourth-order valence-corrected chi connectivity index (χ4v) is 4.68. The fraction of sp³-hybridized carbons (Fsp3) is 0.417. The minimum atomic E-state index is -0.551. The molecule has 0 spiro atoms. The minimum absolute atomic E-state index is 0.0805. The van der Waals surface area contributed by atoms with Gasteiger partial charge in [0.15, 0.2) is 0 Å². The van der Waals surface area contributed by atoms with Crippen LogP contribution in [-0.4, -0.2) is 35.1 Å². The van der Waals surface area contributed by atoms with Crippen LogP contribution in [0.5, 0.6) is 0 Å². The maximum absolute atomic E-state index is 13.2. The second-order valence-corrected chi connectivity index (χ2v) is 9.22. The monoisotopic (exact) mass is 480 g/mol. The Balaban J connectivity index is 2.17. The molecule has 0 radical (unpaired) electrons. The standard InChI is InChI=1S/C24H30Cl2N2O2S/c1-4-12-27-24(30)22(5-2)28(14-18-10-11-20(25)13-21(18)26)23(29)16-31-15-19-9-7-6-8-17(19)3/h6-11,13,22H,4-5,12,14-16H2,1-3H3,(H,27,30)/t22-/m0/s1. The highest BCUT2D eigenvalue weighted by molar-refractivity contribution is 7.99. The number of hydrogen-bond donors (Lipinski definition) is 1. The summed E-state index contributed by atoms with van der Waals surface area (Å²) >= 11 is 13.9. The van der Waals surface area contributed by atoms with Gasteiger partial charge in [-0.05, 0) is 48.6 Å². The van der Waals surface area contributed by atoms with Crippen molar-refractivity contribution in [1.29, 1.82) is 0 Å². The number of hydrogen-bond acceptors (Lipinski definition) is 3. The van der Waals surface area contributed by atoms with E-state index in [-0.39, 0.29) is 24.1 Å². The molecule has 0 aliphatic heterocycles. The molecule has 0 saturated heterocycles. The zero-order valence-corrected chi connectivity index (χ0v) is 20.6. The van der Waals surface area contributed by atoms with Crippen LogP contribution in [-0.2, 0) is 21.9 Å². The number of carbonyl (C=O) groups is 2. The van der Waals surface area contributed by atoms with Gasteiger partial charge < -0.3 is 10.2 Å². The van der Waals surface area contributed by atoms with Gasteiger partial charge in [-0.2, -0.15) is 0 Å². The summed E-state index contributed by atoms with van der Waals surface area (Å²) in [5.41, 5.74) is 3.18. The normalized spacial score (nSPS) is 11.8. The van der Waals surface area contributed by atoms with Crippen LogP contribution in [0.2, 0.25) is 10.0 Å². The van der Waals surface area contributed by atoms with Gasteiger partial charge in [-0.25, -0.2) is 0 Å². The number of nitrogens with one attached hydrogen (secondary N) is 1. The maximum atomic E-state index is 13.2.